The Kier molecular flexibility index (Phi) is 5.21. The van der Waals surface area contributed by atoms with Crippen LogP contribution < -0.4 is 19.1 Å². The number of thiocarbonyl (C=S) groups is 1. The molecule has 0 N–H and O–H groups in total. The summed E-state index contributed by atoms with van der Waals surface area (Å²) in [7, 11) is 3.22. The molecule has 168 valence electrons. The van der Waals surface area contributed by atoms with Crippen LogP contribution in [0.15, 0.2) is 72.8 Å². The smallest absolute Gasteiger partial charge is 0.260 e. The average Bonchev–Trinajstić information content (AvgIpc) is 2.84. The SMILES string of the molecule is COc1ccc(C(=O)N2C(=S)N(c3ccccc3)C3(C)CC2c2cccc(OC)c2O3)cc1. The highest BCUT2D eigenvalue weighted by molar-refractivity contribution is 7.80. The van der Waals surface area contributed by atoms with E-state index in [1.807, 2.05) is 60.4 Å². The average molecular weight is 461 g/mol. The zero-order chi connectivity index (χ0) is 23.2. The van der Waals surface area contributed by atoms with Crippen LogP contribution in [0.3, 0.4) is 0 Å². The topological polar surface area (TPSA) is 51.2 Å². The molecule has 1 fully saturated rings. The van der Waals surface area contributed by atoms with Gasteiger partial charge >= 0.3 is 0 Å². The van der Waals surface area contributed by atoms with Gasteiger partial charge < -0.3 is 14.2 Å². The Morgan fingerprint density at radius 2 is 1.73 bits per heavy atom. The Balaban J connectivity index is 1.67. The molecule has 0 spiro atoms. The van der Waals surface area contributed by atoms with Crippen molar-refractivity contribution in [3.05, 3.63) is 83.9 Å². The van der Waals surface area contributed by atoms with Crippen LogP contribution >= 0.6 is 12.2 Å². The number of carbonyl (C=O) groups is 1. The van der Waals surface area contributed by atoms with Crippen LogP contribution in [0.4, 0.5) is 5.69 Å². The van der Waals surface area contributed by atoms with Gasteiger partial charge in [-0.2, -0.15) is 0 Å². The first-order valence-electron chi connectivity index (χ1n) is 10.7. The van der Waals surface area contributed by atoms with Crippen LogP contribution in [0.2, 0.25) is 0 Å². The molecule has 0 aliphatic carbocycles. The van der Waals surface area contributed by atoms with E-state index in [9.17, 15) is 4.79 Å². The summed E-state index contributed by atoms with van der Waals surface area (Å²) < 4.78 is 17.4. The molecule has 0 radical (unpaired) electrons. The van der Waals surface area contributed by atoms with E-state index in [1.54, 1.807) is 43.4 Å². The predicted molar refractivity (Wildman–Crippen MR) is 130 cm³/mol. The first-order valence-corrected chi connectivity index (χ1v) is 11.1. The molecule has 6 nitrogen and oxygen atoms in total. The third-order valence-electron chi connectivity index (χ3n) is 6.23. The third kappa shape index (κ3) is 3.40. The van der Waals surface area contributed by atoms with E-state index in [0.717, 1.165) is 11.3 Å². The summed E-state index contributed by atoms with van der Waals surface area (Å²) in [6.07, 6.45) is 0.546. The van der Waals surface area contributed by atoms with Crippen molar-refractivity contribution in [1.82, 2.24) is 4.90 Å². The molecular formula is C26H24N2O4S. The first-order chi connectivity index (χ1) is 16.0. The van der Waals surface area contributed by atoms with Gasteiger partial charge in [-0.15, -0.1) is 0 Å². The molecule has 3 aromatic rings. The number of anilines is 1. The lowest BCUT2D eigenvalue weighted by atomic mass is 9.88. The van der Waals surface area contributed by atoms with Crippen LogP contribution in [0.1, 0.15) is 35.3 Å². The molecular weight excluding hydrogens is 436 g/mol. The van der Waals surface area contributed by atoms with Crippen LogP contribution in [-0.2, 0) is 0 Å². The maximum absolute atomic E-state index is 13.9. The number of ether oxygens (including phenoxy) is 3. The molecule has 0 saturated carbocycles. The number of fused-ring (bicyclic) bond motifs is 4. The van der Waals surface area contributed by atoms with Gasteiger partial charge in [0, 0.05) is 23.2 Å². The van der Waals surface area contributed by atoms with Crippen molar-refractivity contribution in [2.24, 2.45) is 0 Å². The van der Waals surface area contributed by atoms with E-state index in [4.69, 9.17) is 26.4 Å². The largest absolute Gasteiger partial charge is 0.497 e. The summed E-state index contributed by atoms with van der Waals surface area (Å²) in [5.74, 6) is 1.77. The van der Waals surface area contributed by atoms with Crippen molar-refractivity contribution >= 4 is 28.9 Å². The number of para-hydroxylation sites is 2. The van der Waals surface area contributed by atoms with Gasteiger partial charge in [-0.1, -0.05) is 30.3 Å². The number of hydrogen-bond acceptors (Lipinski definition) is 5. The standard InChI is InChI=1S/C26H24N2O4S/c1-26-16-21(20-10-7-11-22(31-3)23(20)32-26)27(24(29)17-12-14-19(30-2)15-13-17)25(33)28(26)18-8-5-4-6-9-18/h4-15,21H,16H2,1-3H3. The van der Waals surface area contributed by atoms with Crippen molar-refractivity contribution in [3.63, 3.8) is 0 Å². The first kappa shape index (κ1) is 21.3. The second-order valence-electron chi connectivity index (χ2n) is 8.23. The minimum Gasteiger partial charge on any atom is -0.497 e. The van der Waals surface area contributed by atoms with E-state index < -0.39 is 5.72 Å². The highest BCUT2D eigenvalue weighted by atomic mass is 32.1. The van der Waals surface area contributed by atoms with Gasteiger partial charge in [-0.05, 0) is 61.6 Å². The van der Waals surface area contributed by atoms with Gasteiger partial charge in [-0.25, -0.2) is 0 Å². The van der Waals surface area contributed by atoms with Crippen molar-refractivity contribution < 1.29 is 19.0 Å². The fraction of sp³-hybridized carbons (Fsp3) is 0.231. The quantitative estimate of drug-likeness (QED) is 0.500. The number of rotatable bonds is 4. The lowest BCUT2D eigenvalue weighted by molar-refractivity contribution is 0.0162. The fourth-order valence-electron chi connectivity index (χ4n) is 4.67. The molecule has 1 amide bonds. The Labute approximate surface area is 198 Å². The van der Waals surface area contributed by atoms with Gasteiger partial charge in [0.25, 0.3) is 5.91 Å². The van der Waals surface area contributed by atoms with Crippen LogP contribution in [0, 0.1) is 0 Å². The molecule has 2 unspecified atom stereocenters. The second kappa shape index (κ2) is 8.08. The normalized spacial score (nSPS) is 21.2. The molecule has 2 aliphatic heterocycles. The summed E-state index contributed by atoms with van der Waals surface area (Å²) in [6, 6.07) is 22.3. The molecule has 33 heavy (non-hydrogen) atoms. The van der Waals surface area contributed by atoms with Crippen LogP contribution in [-0.4, -0.2) is 35.9 Å². The summed E-state index contributed by atoms with van der Waals surface area (Å²) in [5.41, 5.74) is 1.48. The Morgan fingerprint density at radius 1 is 1.00 bits per heavy atom. The molecule has 3 aromatic carbocycles. The van der Waals surface area contributed by atoms with Crippen molar-refractivity contribution in [1.29, 1.82) is 0 Å². The van der Waals surface area contributed by atoms with Gasteiger partial charge in [0.05, 0.1) is 20.3 Å². The molecule has 0 aromatic heterocycles. The van der Waals surface area contributed by atoms with E-state index in [1.165, 1.54) is 0 Å². The molecule has 2 atom stereocenters. The summed E-state index contributed by atoms with van der Waals surface area (Å²) in [6.45, 7) is 2.00. The Hall–Kier alpha value is -3.58. The number of benzene rings is 3. The fourth-order valence-corrected chi connectivity index (χ4v) is 5.18. The Morgan fingerprint density at radius 3 is 2.39 bits per heavy atom. The van der Waals surface area contributed by atoms with Crippen molar-refractivity contribution in [3.8, 4) is 17.2 Å². The van der Waals surface area contributed by atoms with Crippen LogP contribution in [0.5, 0.6) is 17.2 Å². The number of methoxy groups -OCH3 is 2. The molecule has 2 aliphatic rings. The van der Waals surface area contributed by atoms with E-state index in [2.05, 4.69) is 0 Å². The van der Waals surface area contributed by atoms with E-state index in [-0.39, 0.29) is 11.9 Å². The van der Waals surface area contributed by atoms with Crippen LogP contribution in [0.25, 0.3) is 0 Å². The monoisotopic (exact) mass is 460 g/mol. The maximum Gasteiger partial charge on any atom is 0.260 e. The van der Waals surface area contributed by atoms with E-state index in [0.29, 0.717) is 34.3 Å². The number of amides is 1. The number of carbonyl (C=O) groups excluding carboxylic acids is 1. The Bertz CT molecular complexity index is 1210. The second-order valence-corrected chi connectivity index (χ2v) is 8.60. The maximum atomic E-state index is 13.9. The molecule has 2 bridgehead atoms. The lowest BCUT2D eigenvalue weighted by Gasteiger charge is -2.55. The van der Waals surface area contributed by atoms with Crippen molar-refractivity contribution in [2.45, 2.75) is 25.1 Å². The summed E-state index contributed by atoms with van der Waals surface area (Å²) >= 11 is 5.97. The molecule has 2 heterocycles. The minimum absolute atomic E-state index is 0.175. The predicted octanol–water partition coefficient (Wildman–Crippen LogP) is 5.19. The van der Waals surface area contributed by atoms with Gasteiger partial charge in [0.1, 0.15) is 5.75 Å². The van der Waals surface area contributed by atoms with Gasteiger partial charge in [0.2, 0.25) is 0 Å². The van der Waals surface area contributed by atoms with Gasteiger partial charge in [0.15, 0.2) is 22.3 Å². The zero-order valence-electron chi connectivity index (χ0n) is 18.6. The lowest BCUT2D eigenvalue weighted by Crippen LogP contribution is -2.67. The minimum atomic E-state index is -0.790. The highest BCUT2D eigenvalue weighted by Gasteiger charge is 2.54. The highest BCUT2D eigenvalue weighted by Crippen LogP contribution is 2.52. The van der Waals surface area contributed by atoms with E-state index >= 15 is 0 Å². The summed E-state index contributed by atoms with van der Waals surface area (Å²) in [5, 5.41) is 0.397. The number of hydrogen-bond donors (Lipinski definition) is 0. The van der Waals surface area contributed by atoms with Gasteiger partial charge in [-0.3, -0.25) is 14.6 Å². The third-order valence-corrected chi connectivity index (χ3v) is 6.61. The molecule has 5 rings (SSSR count). The zero-order valence-corrected chi connectivity index (χ0v) is 19.5. The molecule has 1 saturated heterocycles. The summed E-state index contributed by atoms with van der Waals surface area (Å²) in [4.78, 5) is 17.5. The van der Waals surface area contributed by atoms with Crippen molar-refractivity contribution in [2.75, 3.05) is 19.1 Å². The number of nitrogens with zero attached hydrogens (tertiary/aromatic N) is 2. The molecule has 7 heteroatoms.